The van der Waals surface area contributed by atoms with E-state index >= 15 is 0 Å². The van der Waals surface area contributed by atoms with E-state index in [1.54, 1.807) is 30.6 Å². The molecule has 118 valence electrons. The van der Waals surface area contributed by atoms with Gasteiger partial charge in [-0.15, -0.1) is 0 Å². The van der Waals surface area contributed by atoms with Crippen molar-refractivity contribution in [3.63, 3.8) is 0 Å². The van der Waals surface area contributed by atoms with Gasteiger partial charge >= 0.3 is 0 Å². The molecule has 0 aliphatic rings. The topological polar surface area (TPSA) is 54.5 Å². The Labute approximate surface area is 138 Å². The fourth-order valence-electron chi connectivity index (χ4n) is 2.66. The second kappa shape index (κ2) is 6.20. The van der Waals surface area contributed by atoms with Gasteiger partial charge < -0.3 is 4.98 Å². The number of rotatable bonds is 4. The minimum Gasteiger partial charge on any atom is -0.348 e. The van der Waals surface area contributed by atoms with Crippen LogP contribution in [-0.4, -0.2) is 19.9 Å². The van der Waals surface area contributed by atoms with Gasteiger partial charge in [-0.1, -0.05) is 24.3 Å². The summed E-state index contributed by atoms with van der Waals surface area (Å²) in [6.07, 6.45) is 4.95. The van der Waals surface area contributed by atoms with Crippen molar-refractivity contribution in [3.8, 4) is 11.3 Å². The lowest BCUT2D eigenvalue weighted by atomic mass is 10.1. The molecule has 0 bridgehead atoms. The Morgan fingerprint density at radius 1 is 0.875 bits per heavy atom. The average molecular weight is 318 g/mol. The molecule has 5 heteroatoms. The van der Waals surface area contributed by atoms with Gasteiger partial charge in [0.15, 0.2) is 0 Å². The molecule has 0 radical (unpaired) electrons. The summed E-state index contributed by atoms with van der Waals surface area (Å²) in [5, 5.41) is 0. The molecule has 2 aromatic heterocycles. The number of imidazole rings is 1. The zero-order valence-electron chi connectivity index (χ0n) is 12.9. The molecule has 0 spiro atoms. The zero-order valence-corrected chi connectivity index (χ0v) is 12.9. The smallest absolute Gasteiger partial charge is 0.132 e. The van der Waals surface area contributed by atoms with Crippen LogP contribution in [0, 0.1) is 5.82 Å². The highest BCUT2D eigenvalue weighted by molar-refractivity contribution is 5.73. The number of nitrogens with zero attached hydrogens (tertiary/aromatic N) is 3. The summed E-state index contributed by atoms with van der Waals surface area (Å²) in [4.78, 5) is 16.6. The molecule has 1 N–H and O–H groups in total. The van der Waals surface area contributed by atoms with Crippen molar-refractivity contribution < 1.29 is 4.39 Å². The Bertz CT molecular complexity index is 993. The summed E-state index contributed by atoms with van der Waals surface area (Å²) < 4.78 is 13.8. The minimum atomic E-state index is -0.268. The highest BCUT2D eigenvalue weighted by atomic mass is 19.1. The van der Waals surface area contributed by atoms with E-state index in [0.717, 1.165) is 29.0 Å². The van der Waals surface area contributed by atoms with Crippen LogP contribution in [0.5, 0.6) is 0 Å². The number of fused-ring (bicyclic) bond motifs is 1. The first-order valence-electron chi connectivity index (χ1n) is 7.79. The fourth-order valence-corrected chi connectivity index (χ4v) is 2.66. The Kier molecular flexibility index (Phi) is 3.75. The second-order valence-corrected chi connectivity index (χ2v) is 5.56. The summed E-state index contributed by atoms with van der Waals surface area (Å²) >= 11 is 0. The van der Waals surface area contributed by atoms with E-state index in [2.05, 4.69) is 19.9 Å². The molecule has 0 unspecified atom stereocenters. The zero-order chi connectivity index (χ0) is 16.4. The lowest BCUT2D eigenvalue weighted by Gasteiger charge is -2.01. The number of benzene rings is 2. The molecule has 4 nitrogen and oxygen atoms in total. The van der Waals surface area contributed by atoms with Gasteiger partial charge in [-0.3, -0.25) is 4.98 Å². The minimum absolute atomic E-state index is 0.268. The van der Waals surface area contributed by atoms with Crippen LogP contribution in [0.15, 0.2) is 60.9 Å². The van der Waals surface area contributed by atoms with E-state index in [4.69, 9.17) is 0 Å². The Hall–Kier alpha value is -3.08. The van der Waals surface area contributed by atoms with Gasteiger partial charge in [-0.05, 0) is 30.7 Å². The van der Waals surface area contributed by atoms with Gasteiger partial charge in [-0.2, -0.15) is 0 Å². The number of halogens is 1. The number of para-hydroxylation sites is 2. The molecule has 0 fully saturated rings. The predicted octanol–water partition coefficient (Wildman–Crippen LogP) is 3.94. The standard InChI is InChI=1S/C19H15FN4/c20-15-6-2-1-5-14(15)18-12-22-19(24-18)10-9-13-11-21-16-7-3-4-8-17(16)23-13/h1-8,11-12H,9-10H2,(H,22,24). The maximum Gasteiger partial charge on any atom is 0.132 e. The summed E-state index contributed by atoms with van der Waals surface area (Å²) in [6, 6.07) is 14.4. The number of aryl methyl sites for hydroxylation is 2. The molecule has 0 saturated carbocycles. The van der Waals surface area contributed by atoms with Gasteiger partial charge in [0.25, 0.3) is 0 Å². The molecule has 0 saturated heterocycles. The van der Waals surface area contributed by atoms with Crippen molar-refractivity contribution in [1.29, 1.82) is 0 Å². The highest BCUT2D eigenvalue weighted by Gasteiger charge is 2.09. The molecule has 2 heterocycles. The molecule has 2 aromatic carbocycles. The van der Waals surface area contributed by atoms with Gasteiger partial charge in [-0.25, -0.2) is 14.4 Å². The van der Waals surface area contributed by atoms with Crippen LogP contribution in [0.1, 0.15) is 11.5 Å². The Morgan fingerprint density at radius 3 is 2.54 bits per heavy atom. The van der Waals surface area contributed by atoms with Crippen LogP contribution in [-0.2, 0) is 12.8 Å². The van der Waals surface area contributed by atoms with E-state index in [0.29, 0.717) is 17.7 Å². The number of aromatic amines is 1. The molecule has 24 heavy (non-hydrogen) atoms. The maximum absolute atomic E-state index is 13.8. The number of H-pyrrole nitrogens is 1. The first-order valence-corrected chi connectivity index (χ1v) is 7.79. The Balaban J connectivity index is 1.51. The van der Waals surface area contributed by atoms with E-state index in [1.165, 1.54) is 6.07 Å². The number of nitrogens with one attached hydrogen (secondary N) is 1. The van der Waals surface area contributed by atoms with Crippen molar-refractivity contribution in [2.45, 2.75) is 12.8 Å². The van der Waals surface area contributed by atoms with Crippen molar-refractivity contribution >= 4 is 11.0 Å². The second-order valence-electron chi connectivity index (χ2n) is 5.56. The third-order valence-electron chi connectivity index (χ3n) is 3.90. The third kappa shape index (κ3) is 2.88. The van der Waals surface area contributed by atoms with Gasteiger partial charge in [0.1, 0.15) is 11.6 Å². The normalized spacial score (nSPS) is 11.0. The fraction of sp³-hybridized carbons (Fsp3) is 0.105. The lowest BCUT2D eigenvalue weighted by molar-refractivity contribution is 0.631. The maximum atomic E-state index is 13.8. The molecule has 0 amide bonds. The quantitative estimate of drug-likeness (QED) is 0.620. The largest absolute Gasteiger partial charge is 0.348 e. The SMILES string of the molecule is Fc1ccccc1-c1c[nH]c(CCc2cnc3ccccc3n2)n1. The van der Waals surface area contributed by atoms with Gasteiger partial charge in [0.05, 0.1) is 22.4 Å². The molecule has 4 rings (SSSR count). The first-order chi connectivity index (χ1) is 11.8. The molecule has 0 aliphatic carbocycles. The van der Waals surface area contributed by atoms with E-state index in [1.807, 2.05) is 24.3 Å². The van der Waals surface area contributed by atoms with Crippen molar-refractivity contribution in [1.82, 2.24) is 19.9 Å². The van der Waals surface area contributed by atoms with Crippen molar-refractivity contribution in [2.75, 3.05) is 0 Å². The van der Waals surface area contributed by atoms with E-state index < -0.39 is 0 Å². The molecule has 0 aliphatic heterocycles. The molecular formula is C19H15FN4. The van der Waals surface area contributed by atoms with Crippen molar-refractivity contribution in [3.05, 3.63) is 78.3 Å². The summed E-state index contributed by atoms with van der Waals surface area (Å²) in [5.74, 6) is 0.541. The lowest BCUT2D eigenvalue weighted by Crippen LogP contribution is -1.98. The summed E-state index contributed by atoms with van der Waals surface area (Å²) in [6.45, 7) is 0. The molecule has 0 atom stereocenters. The average Bonchev–Trinajstić information content (AvgIpc) is 3.09. The first kappa shape index (κ1) is 14.5. The number of hydrogen-bond acceptors (Lipinski definition) is 3. The summed E-state index contributed by atoms with van der Waals surface area (Å²) in [5.41, 5.74) is 3.82. The molecule has 4 aromatic rings. The van der Waals surface area contributed by atoms with Crippen LogP contribution < -0.4 is 0 Å². The predicted molar refractivity (Wildman–Crippen MR) is 90.9 cm³/mol. The number of aromatic nitrogens is 4. The van der Waals surface area contributed by atoms with Crippen LogP contribution >= 0.6 is 0 Å². The highest BCUT2D eigenvalue weighted by Crippen LogP contribution is 2.20. The van der Waals surface area contributed by atoms with E-state index in [9.17, 15) is 4.39 Å². The number of hydrogen-bond donors (Lipinski definition) is 1. The van der Waals surface area contributed by atoms with Gasteiger partial charge in [0, 0.05) is 24.4 Å². The third-order valence-corrected chi connectivity index (χ3v) is 3.90. The summed E-state index contributed by atoms with van der Waals surface area (Å²) in [7, 11) is 0. The van der Waals surface area contributed by atoms with Crippen LogP contribution in [0.4, 0.5) is 4.39 Å². The van der Waals surface area contributed by atoms with Crippen LogP contribution in [0.3, 0.4) is 0 Å². The van der Waals surface area contributed by atoms with E-state index in [-0.39, 0.29) is 5.82 Å². The van der Waals surface area contributed by atoms with Crippen LogP contribution in [0.25, 0.3) is 22.3 Å². The molecular weight excluding hydrogens is 303 g/mol. The van der Waals surface area contributed by atoms with Gasteiger partial charge in [0.2, 0.25) is 0 Å². The van der Waals surface area contributed by atoms with Crippen molar-refractivity contribution in [2.24, 2.45) is 0 Å². The van der Waals surface area contributed by atoms with Crippen LogP contribution in [0.2, 0.25) is 0 Å². The Morgan fingerprint density at radius 2 is 1.67 bits per heavy atom. The monoisotopic (exact) mass is 318 g/mol.